The number of amides is 4. The Kier molecular flexibility index (Phi) is 14.0. The molecule has 1 heterocycles. The normalized spacial score (nSPS) is 17.2. The molecule has 0 atom stereocenters. The predicted molar refractivity (Wildman–Crippen MR) is 144 cm³/mol. The number of nitrogens with zero attached hydrogens (tertiary/aromatic N) is 2. The number of hydrogen-bond acceptors (Lipinski definition) is 6. The van der Waals surface area contributed by atoms with Gasteiger partial charge in [0.1, 0.15) is 0 Å². The highest BCUT2D eigenvalue weighted by Crippen LogP contribution is 2.01. The molecule has 208 valence electrons. The Balaban J connectivity index is 1.41. The second-order valence-electron chi connectivity index (χ2n) is 8.71. The van der Waals surface area contributed by atoms with Gasteiger partial charge in [-0.05, 0) is 11.1 Å². The van der Waals surface area contributed by atoms with Gasteiger partial charge in [-0.25, -0.2) is 9.59 Å². The van der Waals surface area contributed by atoms with Gasteiger partial charge < -0.3 is 39.4 Å². The summed E-state index contributed by atoms with van der Waals surface area (Å²) in [7, 11) is 0. The Morgan fingerprint density at radius 2 is 0.842 bits per heavy atom. The van der Waals surface area contributed by atoms with Gasteiger partial charge in [-0.3, -0.25) is 0 Å². The first-order valence-electron chi connectivity index (χ1n) is 13.2. The average molecular weight is 529 g/mol. The molecule has 0 radical (unpaired) electrons. The van der Waals surface area contributed by atoms with Gasteiger partial charge in [-0.1, -0.05) is 60.7 Å². The van der Waals surface area contributed by atoms with E-state index < -0.39 is 0 Å². The minimum atomic E-state index is -0.159. The van der Waals surface area contributed by atoms with Crippen LogP contribution in [0.15, 0.2) is 60.7 Å². The molecule has 0 unspecified atom stereocenters. The number of carbonyl (C=O) groups excluding carboxylic acids is 2. The van der Waals surface area contributed by atoms with Crippen LogP contribution in [-0.4, -0.2) is 101 Å². The summed E-state index contributed by atoms with van der Waals surface area (Å²) in [6, 6.07) is 19.3. The molecule has 0 spiro atoms. The molecule has 3 rings (SSSR count). The van der Waals surface area contributed by atoms with Crippen LogP contribution < -0.4 is 10.6 Å². The second-order valence-corrected chi connectivity index (χ2v) is 8.71. The molecule has 10 heteroatoms. The first kappa shape index (κ1) is 29.4. The van der Waals surface area contributed by atoms with Crippen LogP contribution >= 0.6 is 0 Å². The standard InChI is InChI=1S/C28H40N4O6/c33-27(29-23-25-7-3-1-4-8-25)31-11-15-35-19-21-37-17-13-32(14-18-38-22-20-36-16-12-31)28(34)30-24-26-9-5-2-6-10-26/h1-10H,11-24H2,(H,29,33)(H,30,34). The van der Waals surface area contributed by atoms with E-state index in [-0.39, 0.29) is 12.1 Å². The number of hydrogen-bond donors (Lipinski definition) is 2. The van der Waals surface area contributed by atoms with Gasteiger partial charge in [0, 0.05) is 39.3 Å². The van der Waals surface area contributed by atoms with Gasteiger partial charge in [0.05, 0.1) is 52.9 Å². The van der Waals surface area contributed by atoms with Crippen LogP contribution in [-0.2, 0) is 32.0 Å². The van der Waals surface area contributed by atoms with E-state index in [0.29, 0.717) is 92.1 Å². The summed E-state index contributed by atoms with van der Waals surface area (Å²) in [4.78, 5) is 28.8. The van der Waals surface area contributed by atoms with Crippen molar-refractivity contribution < 1.29 is 28.5 Å². The molecular formula is C28H40N4O6. The number of urea groups is 2. The van der Waals surface area contributed by atoms with Gasteiger partial charge in [-0.15, -0.1) is 0 Å². The molecule has 2 N–H and O–H groups in total. The molecule has 0 bridgehead atoms. The van der Waals surface area contributed by atoms with Crippen molar-refractivity contribution in [1.29, 1.82) is 0 Å². The summed E-state index contributed by atoms with van der Waals surface area (Å²) < 4.78 is 22.7. The van der Waals surface area contributed by atoms with Crippen molar-refractivity contribution in [2.24, 2.45) is 0 Å². The zero-order valence-corrected chi connectivity index (χ0v) is 22.0. The highest BCUT2D eigenvalue weighted by Gasteiger charge is 2.15. The number of benzene rings is 2. The molecule has 0 saturated carbocycles. The summed E-state index contributed by atoms with van der Waals surface area (Å²) in [5, 5.41) is 5.91. The van der Waals surface area contributed by atoms with E-state index in [1.165, 1.54) is 0 Å². The predicted octanol–water partition coefficient (Wildman–Crippen LogP) is 2.49. The van der Waals surface area contributed by atoms with Crippen molar-refractivity contribution in [2.45, 2.75) is 13.1 Å². The molecule has 10 nitrogen and oxygen atoms in total. The Morgan fingerprint density at radius 1 is 0.526 bits per heavy atom. The summed E-state index contributed by atoms with van der Waals surface area (Å²) in [5.41, 5.74) is 2.08. The first-order chi connectivity index (χ1) is 18.7. The van der Waals surface area contributed by atoms with Crippen molar-refractivity contribution in [3.8, 4) is 0 Å². The van der Waals surface area contributed by atoms with Crippen molar-refractivity contribution in [3.05, 3.63) is 71.8 Å². The van der Waals surface area contributed by atoms with Crippen LogP contribution in [0.5, 0.6) is 0 Å². The maximum absolute atomic E-state index is 12.7. The lowest BCUT2D eigenvalue weighted by atomic mass is 10.2. The fourth-order valence-corrected chi connectivity index (χ4v) is 3.74. The van der Waals surface area contributed by atoms with E-state index >= 15 is 0 Å². The summed E-state index contributed by atoms with van der Waals surface area (Å²) in [5.74, 6) is 0. The second kappa shape index (κ2) is 18.1. The Hall–Kier alpha value is -3.18. The molecule has 1 fully saturated rings. The van der Waals surface area contributed by atoms with E-state index in [0.717, 1.165) is 11.1 Å². The van der Waals surface area contributed by atoms with Crippen LogP contribution in [0, 0.1) is 0 Å². The molecule has 1 saturated heterocycles. The molecule has 0 aromatic heterocycles. The maximum atomic E-state index is 12.7. The molecule has 2 aromatic rings. The van der Waals surface area contributed by atoms with Gasteiger partial charge in [0.15, 0.2) is 0 Å². The Bertz CT molecular complexity index is 823. The van der Waals surface area contributed by atoms with E-state index in [4.69, 9.17) is 18.9 Å². The molecule has 2 aromatic carbocycles. The monoisotopic (exact) mass is 528 g/mol. The minimum Gasteiger partial charge on any atom is -0.377 e. The third-order valence-electron chi connectivity index (χ3n) is 5.91. The fourth-order valence-electron chi connectivity index (χ4n) is 3.74. The van der Waals surface area contributed by atoms with Crippen molar-refractivity contribution >= 4 is 12.1 Å². The smallest absolute Gasteiger partial charge is 0.317 e. The SMILES string of the molecule is O=C(NCc1ccccc1)N1CCOCCOCCN(C(=O)NCc2ccccc2)CCOCCOCC1. The molecule has 4 amide bonds. The topological polar surface area (TPSA) is 102 Å². The fraction of sp³-hybridized carbons (Fsp3) is 0.500. The highest BCUT2D eigenvalue weighted by molar-refractivity contribution is 5.74. The zero-order chi connectivity index (χ0) is 26.7. The Morgan fingerprint density at radius 3 is 1.16 bits per heavy atom. The van der Waals surface area contributed by atoms with Crippen LogP contribution in [0.1, 0.15) is 11.1 Å². The van der Waals surface area contributed by atoms with Crippen LogP contribution in [0.4, 0.5) is 9.59 Å². The number of carbonyl (C=O) groups is 2. The lowest BCUT2D eigenvalue weighted by Gasteiger charge is -2.24. The summed E-state index contributed by atoms with van der Waals surface area (Å²) in [6.45, 7) is 5.84. The molecule has 1 aliphatic heterocycles. The van der Waals surface area contributed by atoms with Gasteiger partial charge in [-0.2, -0.15) is 0 Å². The van der Waals surface area contributed by atoms with Gasteiger partial charge in [0.25, 0.3) is 0 Å². The minimum absolute atomic E-state index is 0.159. The summed E-state index contributed by atoms with van der Waals surface area (Å²) in [6.07, 6.45) is 0. The lowest BCUT2D eigenvalue weighted by Crippen LogP contribution is -2.43. The third kappa shape index (κ3) is 11.9. The van der Waals surface area contributed by atoms with E-state index in [9.17, 15) is 9.59 Å². The van der Waals surface area contributed by atoms with Crippen molar-refractivity contribution in [3.63, 3.8) is 0 Å². The van der Waals surface area contributed by atoms with Crippen molar-refractivity contribution in [1.82, 2.24) is 20.4 Å². The molecule has 0 aliphatic carbocycles. The van der Waals surface area contributed by atoms with E-state index in [1.54, 1.807) is 9.80 Å². The average Bonchev–Trinajstić information content (AvgIpc) is 2.95. The van der Waals surface area contributed by atoms with Gasteiger partial charge >= 0.3 is 12.1 Å². The number of rotatable bonds is 4. The largest absolute Gasteiger partial charge is 0.377 e. The van der Waals surface area contributed by atoms with E-state index in [2.05, 4.69) is 10.6 Å². The zero-order valence-electron chi connectivity index (χ0n) is 22.0. The van der Waals surface area contributed by atoms with Crippen LogP contribution in [0.2, 0.25) is 0 Å². The quantitative estimate of drug-likeness (QED) is 0.633. The van der Waals surface area contributed by atoms with Crippen molar-refractivity contribution in [2.75, 3.05) is 79.0 Å². The lowest BCUT2D eigenvalue weighted by molar-refractivity contribution is 0.0162. The number of nitrogens with one attached hydrogen (secondary N) is 2. The number of ether oxygens (including phenoxy) is 4. The summed E-state index contributed by atoms with van der Waals surface area (Å²) >= 11 is 0. The molecule has 38 heavy (non-hydrogen) atoms. The maximum Gasteiger partial charge on any atom is 0.317 e. The third-order valence-corrected chi connectivity index (χ3v) is 5.91. The van der Waals surface area contributed by atoms with Crippen LogP contribution in [0.3, 0.4) is 0 Å². The van der Waals surface area contributed by atoms with E-state index in [1.807, 2.05) is 60.7 Å². The highest BCUT2D eigenvalue weighted by atomic mass is 16.5. The van der Waals surface area contributed by atoms with Crippen LogP contribution in [0.25, 0.3) is 0 Å². The molecular weight excluding hydrogens is 488 g/mol. The van der Waals surface area contributed by atoms with Gasteiger partial charge in [0.2, 0.25) is 0 Å². The molecule has 1 aliphatic rings. The Labute approximate surface area is 225 Å². The first-order valence-corrected chi connectivity index (χ1v) is 13.2.